The van der Waals surface area contributed by atoms with E-state index in [1.807, 2.05) is 24.4 Å². The minimum absolute atomic E-state index is 0.214. The van der Waals surface area contributed by atoms with Gasteiger partial charge < -0.3 is 14.6 Å². The number of ether oxygens (including phenoxy) is 2. The van der Waals surface area contributed by atoms with Gasteiger partial charge in [0.05, 0.1) is 18.4 Å². The number of pyridine rings is 1. The molecule has 1 fully saturated rings. The van der Waals surface area contributed by atoms with E-state index >= 15 is 0 Å². The van der Waals surface area contributed by atoms with E-state index in [9.17, 15) is 9.90 Å². The third kappa shape index (κ3) is 6.02. The number of esters is 1. The second-order valence-electron chi connectivity index (χ2n) is 6.88. The standard InChI is InChI=1S/C21H27N3O4/c1-27-21(26)17-5-7-20(8-6-17)28-16-19(25)15-24-12-10-23(11-13-24)14-18-4-2-3-9-22-18/h2-9,19,25H,10-16H2,1H3/t19-/m0/s1. The fourth-order valence-electron chi connectivity index (χ4n) is 3.20. The Morgan fingerprint density at radius 1 is 1.11 bits per heavy atom. The van der Waals surface area contributed by atoms with Crippen LogP contribution >= 0.6 is 0 Å². The van der Waals surface area contributed by atoms with Gasteiger partial charge in [0.2, 0.25) is 0 Å². The summed E-state index contributed by atoms with van der Waals surface area (Å²) < 4.78 is 10.3. The van der Waals surface area contributed by atoms with Crippen LogP contribution in [0.25, 0.3) is 0 Å². The molecule has 1 atom stereocenters. The number of aliphatic hydroxyl groups is 1. The number of methoxy groups -OCH3 is 1. The number of aromatic nitrogens is 1. The lowest BCUT2D eigenvalue weighted by atomic mass is 10.2. The molecular formula is C21H27N3O4. The van der Waals surface area contributed by atoms with Crippen molar-refractivity contribution in [3.8, 4) is 5.75 Å². The lowest BCUT2D eigenvalue weighted by Gasteiger charge is -2.35. The van der Waals surface area contributed by atoms with Crippen molar-refractivity contribution in [2.45, 2.75) is 12.6 Å². The number of carbonyl (C=O) groups excluding carboxylic acids is 1. The third-order valence-corrected chi connectivity index (χ3v) is 4.76. The second kappa shape index (κ2) is 10.2. The zero-order valence-electron chi connectivity index (χ0n) is 16.2. The van der Waals surface area contributed by atoms with E-state index in [-0.39, 0.29) is 12.6 Å². The summed E-state index contributed by atoms with van der Waals surface area (Å²) in [6, 6.07) is 12.7. The molecule has 3 rings (SSSR count). The van der Waals surface area contributed by atoms with E-state index in [2.05, 4.69) is 19.5 Å². The van der Waals surface area contributed by atoms with Crippen molar-refractivity contribution >= 4 is 5.97 Å². The lowest BCUT2D eigenvalue weighted by molar-refractivity contribution is 0.0443. The van der Waals surface area contributed by atoms with E-state index in [0.717, 1.165) is 38.4 Å². The number of nitrogens with zero attached hydrogens (tertiary/aromatic N) is 3. The summed E-state index contributed by atoms with van der Waals surface area (Å²) in [6.07, 6.45) is 1.26. The minimum atomic E-state index is -0.567. The van der Waals surface area contributed by atoms with E-state index in [1.165, 1.54) is 7.11 Å². The quantitative estimate of drug-likeness (QED) is 0.689. The first kappa shape index (κ1) is 20.3. The van der Waals surface area contributed by atoms with E-state index < -0.39 is 6.10 Å². The van der Waals surface area contributed by atoms with Gasteiger partial charge in [0.1, 0.15) is 18.5 Å². The molecule has 1 aliphatic rings. The average Bonchev–Trinajstić information content (AvgIpc) is 2.74. The molecule has 7 nitrogen and oxygen atoms in total. The van der Waals surface area contributed by atoms with Gasteiger partial charge in [-0.1, -0.05) is 6.07 Å². The highest BCUT2D eigenvalue weighted by Crippen LogP contribution is 2.14. The molecule has 1 aromatic carbocycles. The van der Waals surface area contributed by atoms with Crippen molar-refractivity contribution < 1.29 is 19.4 Å². The van der Waals surface area contributed by atoms with Crippen molar-refractivity contribution in [1.29, 1.82) is 0 Å². The zero-order chi connectivity index (χ0) is 19.8. The van der Waals surface area contributed by atoms with Gasteiger partial charge in [0.25, 0.3) is 0 Å². The molecule has 7 heteroatoms. The highest BCUT2D eigenvalue weighted by molar-refractivity contribution is 5.89. The minimum Gasteiger partial charge on any atom is -0.491 e. The molecule has 1 N–H and O–H groups in total. The number of carbonyl (C=O) groups is 1. The van der Waals surface area contributed by atoms with Crippen LogP contribution in [0.5, 0.6) is 5.75 Å². The Labute approximate surface area is 165 Å². The molecular weight excluding hydrogens is 358 g/mol. The Balaban J connectivity index is 1.36. The maximum absolute atomic E-state index is 11.4. The fourth-order valence-corrected chi connectivity index (χ4v) is 3.20. The SMILES string of the molecule is COC(=O)c1ccc(OC[C@@H](O)CN2CCN(Cc3ccccn3)CC2)cc1. The van der Waals surface area contributed by atoms with E-state index in [0.29, 0.717) is 17.9 Å². The summed E-state index contributed by atoms with van der Waals surface area (Å²) in [5.74, 6) is 0.237. The highest BCUT2D eigenvalue weighted by atomic mass is 16.5. The maximum atomic E-state index is 11.4. The van der Waals surface area contributed by atoms with Gasteiger partial charge in [-0.3, -0.25) is 14.8 Å². The zero-order valence-corrected chi connectivity index (χ0v) is 16.2. The Morgan fingerprint density at radius 3 is 2.46 bits per heavy atom. The van der Waals surface area contributed by atoms with Gasteiger partial charge in [-0.25, -0.2) is 4.79 Å². The smallest absolute Gasteiger partial charge is 0.337 e. The predicted molar refractivity (Wildman–Crippen MR) is 105 cm³/mol. The summed E-state index contributed by atoms with van der Waals surface area (Å²) in [6.45, 7) is 5.40. The molecule has 150 valence electrons. The van der Waals surface area contributed by atoms with Crippen molar-refractivity contribution in [2.24, 2.45) is 0 Å². The predicted octanol–water partition coefficient (Wildman–Crippen LogP) is 1.43. The van der Waals surface area contributed by atoms with Gasteiger partial charge in [-0.15, -0.1) is 0 Å². The molecule has 1 saturated heterocycles. The summed E-state index contributed by atoms with van der Waals surface area (Å²) in [5.41, 5.74) is 1.56. The number of benzene rings is 1. The number of rotatable bonds is 8. The van der Waals surface area contributed by atoms with Gasteiger partial charge in [0, 0.05) is 45.5 Å². The molecule has 0 aliphatic carbocycles. The molecule has 28 heavy (non-hydrogen) atoms. The van der Waals surface area contributed by atoms with Crippen molar-refractivity contribution in [3.63, 3.8) is 0 Å². The molecule has 0 unspecified atom stereocenters. The number of aliphatic hydroxyl groups excluding tert-OH is 1. The normalized spacial score (nSPS) is 16.5. The molecule has 0 radical (unpaired) electrons. The lowest BCUT2D eigenvalue weighted by Crippen LogP contribution is -2.48. The highest BCUT2D eigenvalue weighted by Gasteiger charge is 2.20. The van der Waals surface area contributed by atoms with Crippen molar-refractivity contribution in [3.05, 3.63) is 59.9 Å². The second-order valence-corrected chi connectivity index (χ2v) is 6.88. The Morgan fingerprint density at radius 2 is 1.82 bits per heavy atom. The molecule has 0 saturated carbocycles. The van der Waals surface area contributed by atoms with Crippen molar-refractivity contribution in [2.75, 3.05) is 46.4 Å². The molecule has 0 bridgehead atoms. The Hall–Kier alpha value is -2.48. The maximum Gasteiger partial charge on any atom is 0.337 e. The molecule has 0 amide bonds. The first-order valence-corrected chi connectivity index (χ1v) is 9.48. The number of hydrogen-bond donors (Lipinski definition) is 1. The third-order valence-electron chi connectivity index (χ3n) is 4.76. The molecule has 2 aromatic rings. The summed E-state index contributed by atoms with van der Waals surface area (Å²) in [4.78, 5) is 20.4. The van der Waals surface area contributed by atoms with E-state index in [1.54, 1.807) is 24.3 Å². The van der Waals surface area contributed by atoms with Gasteiger partial charge in [-0.2, -0.15) is 0 Å². The van der Waals surface area contributed by atoms with Crippen LogP contribution in [-0.4, -0.2) is 78.4 Å². The molecule has 0 spiro atoms. The summed E-state index contributed by atoms with van der Waals surface area (Å²) in [5, 5.41) is 10.3. The van der Waals surface area contributed by atoms with Crippen LogP contribution in [-0.2, 0) is 11.3 Å². The molecule has 2 heterocycles. The fraction of sp³-hybridized carbons (Fsp3) is 0.429. The Kier molecular flexibility index (Phi) is 7.36. The topological polar surface area (TPSA) is 75.1 Å². The van der Waals surface area contributed by atoms with Crippen LogP contribution in [0.1, 0.15) is 16.1 Å². The first-order valence-electron chi connectivity index (χ1n) is 9.48. The summed E-state index contributed by atoms with van der Waals surface area (Å²) >= 11 is 0. The Bertz CT molecular complexity index is 731. The van der Waals surface area contributed by atoms with Crippen LogP contribution < -0.4 is 4.74 Å². The monoisotopic (exact) mass is 385 g/mol. The summed E-state index contributed by atoms with van der Waals surface area (Å²) in [7, 11) is 1.35. The first-order chi connectivity index (χ1) is 13.6. The van der Waals surface area contributed by atoms with Crippen LogP contribution in [0.3, 0.4) is 0 Å². The number of piperazine rings is 1. The van der Waals surface area contributed by atoms with Crippen LogP contribution in [0.2, 0.25) is 0 Å². The van der Waals surface area contributed by atoms with Gasteiger partial charge in [0.15, 0.2) is 0 Å². The largest absolute Gasteiger partial charge is 0.491 e. The van der Waals surface area contributed by atoms with E-state index in [4.69, 9.17) is 4.74 Å². The molecule has 1 aromatic heterocycles. The molecule has 1 aliphatic heterocycles. The average molecular weight is 385 g/mol. The van der Waals surface area contributed by atoms with Gasteiger partial charge >= 0.3 is 5.97 Å². The van der Waals surface area contributed by atoms with Crippen molar-refractivity contribution in [1.82, 2.24) is 14.8 Å². The number of β-amino-alcohol motifs (C(OH)–C–C–N with tert-alkyl or cyclic N) is 1. The van der Waals surface area contributed by atoms with Crippen LogP contribution in [0.15, 0.2) is 48.7 Å². The van der Waals surface area contributed by atoms with Crippen LogP contribution in [0, 0.1) is 0 Å². The number of hydrogen-bond acceptors (Lipinski definition) is 7. The van der Waals surface area contributed by atoms with Crippen LogP contribution in [0.4, 0.5) is 0 Å². The van der Waals surface area contributed by atoms with Gasteiger partial charge in [-0.05, 0) is 36.4 Å².